The fraction of sp³-hybridized carbons (Fsp3) is 0.875. The lowest BCUT2D eigenvalue weighted by Crippen LogP contribution is -2.53. The van der Waals surface area contributed by atoms with Gasteiger partial charge >= 0.3 is 0 Å². The highest BCUT2D eigenvalue weighted by atomic mass is 16.7. The van der Waals surface area contributed by atoms with Gasteiger partial charge in [0.25, 0.3) is 0 Å². The third kappa shape index (κ3) is 9.89. The maximum Gasteiger partial charge on any atom is 0.0974 e. The minimum absolute atomic E-state index is 0.0425. The molecule has 0 aliphatic heterocycles. The zero-order chi connectivity index (χ0) is 27.4. The highest BCUT2D eigenvalue weighted by molar-refractivity contribution is 5.05. The topological polar surface area (TPSA) is 24.9 Å². The average Bonchev–Trinajstić information content (AvgIpc) is 2.64. The molecule has 4 nitrogen and oxygen atoms in total. The van der Waals surface area contributed by atoms with Crippen LogP contribution in [0.25, 0.3) is 0 Å². The van der Waals surface area contributed by atoms with Crippen molar-refractivity contribution in [1.29, 1.82) is 0 Å². The van der Waals surface area contributed by atoms with Crippen molar-refractivity contribution in [3.8, 4) is 0 Å². The van der Waals surface area contributed by atoms with Gasteiger partial charge in [0.1, 0.15) is 0 Å². The largest absolute Gasteiger partial charge is 0.291 e. The molecule has 0 unspecified atom stereocenters. The van der Waals surface area contributed by atoms with Crippen molar-refractivity contribution < 1.29 is 9.68 Å². The molecule has 0 saturated heterocycles. The molecule has 0 N–H and O–H groups in total. The van der Waals surface area contributed by atoms with Crippen LogP contribution in [0, 0.1) is 11.8 Å². The SMILES string of the molecule is CC(C)(C)N(O[C@@H]1/C=C\[C@@H]([C@H]2/C=C\[C@@H](ON(C(C)(C)C)C(C)(C)C)CCCC2)CCCC1)C(C)(C)C. The van der Waals surface area contributed by atoms with E-state index in [-0.39, 0.29) is 34.4 Å². The molecule has 4 atom stereocenters. The lowest BCUT2D eigenvalue weighted by atomic mass is 9.81. The molecule has 0 aromatic heterocycles. The summed E-state index contributed by atoms with van der Waals surface area (Å²) >= 11 is 0. The molecule has 2 aliphatic rings. The fourth-order valence-electron chi connectivity index (χ4n) is 6.17. The molecule has 0 amide bonds. The van der Waals surface area contributed by atoms with Crippen molar-refractivity contribution in [3.05, 3.63) is 24.3 Å². The van der Waals surface area contributed by atoms with Gasteiger partial charge in [-0.05, 0) is 121 Å². The molecule has 0 fully saturated rings. The van der Waals surface area contributed by atoms with Gasteiger partial charge in [0.05, 0.1) is 12.2 Å². The highest BCUT2D eigenvalue weighted by Crippen LogP contribution is 2.34. The third-order valence-electron chi connectivity index (χ3n) is 7.17. The van der Waals surface area contributed by atoms with Gasteiger partial charge in [-0.15, -0.1) is 0 Å². The van der Waals surface area contributed by atoms with Crippen molar-refractivity contribution in [2.45, 2.75) is 169 Å². The summed E-state index contributed by atoms with van der Waals surface area (Å²) < 4.78 is 0. The molecule has 36 heavy (non-hydrogen) atoms. The number of hydroxylamine groups is 4. The lowest BCUT2D eigenvalue weighted by Gasteiger charge is -2.45. The summed E-state index contributed by atoms with van der Waals surface area (Å²) in [4.78, 5) is 13.3. The standard InChI is InChI=1S/C32H60N2O2/c1-29(2,3)33(30(4,5)6)35-27-19-15-13-17-25(21-23-27)26-18-14-16-20-28(24-22-26)36-34(31(7,8)9)32(10,11)12/h21-28H,13-20H2,1-12H3/b23-21-,24-22-/t25-,26+,27-,28-/m0/s1. The first-order valence-electron chi connectivity index (χ1n) is 14.7. The van der Waals surface area contributed by atoms with E-state index in [1.807, 2.05) is 0 Å². The summed E-state index contributed by atoms with van der Waals surface area (Å²) in [5.41, 5.74) is -0.170. The second-order valence-corrected chi connectivity index (χ2v) is 15.2. The van der Waals surface area contributed by atoms with Crippen molar-refractivity contribution in [1.82, 2.24) is 10.1 Å². The molecular formula is C32H60N2O2. The first-order valence-corrected chi connectivity index (χ1v) is 14.7. The predicted molar refractivity (Wildman–Crippen MR) is 155 cm³/mol. The number of hydrogen-bond donors (Lipinski definition) is 0. The molecule has 210 valence electrons. The Bertz CT molecular complexity index is 624. The molecule has 0 heterocycles. The highest BCUT2D eigenvalue weighted by Gasteiger charge is 2.36. The summed E-state index contributed by atoms with van der Waals surface area (Å²) in [5.74, 6) is 1.15. The summed E-state index contributed by atoms with van der Waals surface area (Å²) in [5, 5.41) is 4.42. The van der Waals surface area contributed by atoms with Crippen LogP contribution in [-0.4, -0.2) is 44.5 Å². The molecule has 0 bridgehead atoms. The van der Waals surface area contributed by atoms with Gasteiger partial charge in [0.2, 0.25) is 0 Å². The summed E-state index contributed by atoms with van der Waals surface area (Å²) in [7, 11) is 0. The Morgan fingerprint density at radius 3 is 1.00 bits per heavy atom. The Labute approximate surface area is 224 Å². The minimum Gasteiger partial charge on any atom is -0.291 e. The van der Waals surface area contributed by atoms with Crippen molar-refractivity contribution in [3.63, 3.8) is 0 Å². The van der Waals surface area contributed by atoms with Crippen LogP contribution in [0.1, 0.15) is 134 Å². The number of rotatable bonds is 5. The summed E-state index contributed by atoms with van der Waals surface area (Å²) in [6.45, 7) is 26.9. The quantitative estimate of drug-likeness (QED) is 0.276. The van der Waals surface area contributed by atoms with E-state index in [2.05, 4.69) is 118 Å². The molecule has 0 spiro atoms. The third-order valence-corrected chi connectivity index (χ3v) is 7.17. The van der Waals surface area contributed by atoms with E-state index in [1.54, 1.807) is 0 Å². The van der Waals surface area contributed by atoms with Crippen molar-refractivity contribution in [2.75, 3.05) is 0 Å². The van der Waals surface area contributed by atoms with Crippen molar-refractivity contribution in [2.24, 2.45) is 11.8 Å². The van der Waals surface area contributed by atoms with E-state index in [0.717, 1.165) is 12.8 Å². The van der Waals surface area contributed by atoms with E-state index >= 15 is 0 Å². The second-order valence-electron chi connectivity index (χ2n) is 15.2. The van der Waals surface area contributed by atoms with Crippen molar-refractivity contribution >= 4 is 0 Å². The zero-order valence-electron chi connectivity index (χ0n) is 26.0. The van der Waals surface area contributed by atoms with Gasteiger partial charge in [0.15, 0.2) is 0 Å². The summed E-state index contributed by atoms with van der Waals surface area (Å²) in [6, 6.07) is 0. The smallest absolute Gasteiger partial charge is 0.0974 e. The lowest BCUT2D eigenvalue weighted by molar-refractivity contribution is -0.275. The van der Waals surface area contributed by atoms with E-state index in [9.17, 15) is 0 Å². The van der Waals surface area contributed by atoms with Crippen LogP contribution < -0.4 is 0 Å². The maximum atomic E-state index is 6.66. The predicted octanol–water partition coefficient (Wildman–Crippen LogP) is 8.88. The van der Waals surface area contributed by atoms with E-state index in [4.69, 9.17) is 9.68 Å². The van der Waals surface area contributed by atoms with Gasteiger partial charge < -0.3 is 0 Å². The zero-order valence-corrected chi connectivity index (χ0v) is 26.0. The monoisotopic (exact) mass is 504 g/mol. The van der Waals surface area contributed by atoms with E-state index in [1.165, 1.54) is 38.5 Å². The van der Waals surface area contributed by atoms with Crippen LogP contribution >= 0.6 is 0 Å². The van der Waals surface area contributed by atoms with E-state index in [0.29, 0.717) is 11.8 Å². The molecular weight excluding hydrogens is 444 g/mol. The Balaban J connectivity index is 2.16. The molecule has 4 heteroatoms. The maximum absolute atomic E-state index is 6.66. The normalized spacial score (nSPS) is 29.4. The fourth-order valence-corrected chi connectivity index (χ4v) is 6.17. The van der Waals surface area contributed by atoms with Gasteiger partial charge in [-0.1, -0.05) is 50.0 Å². The number of hydrogen-bond acceptors (Lipinski definition) is 4. The van der Waals surface area contributed by atoms with Crippen LogP contribution in [0.4, 0.5) is 0 Å². The molecule has 2 rings (SSSR count). The molecule has 2 aliphatic carbocycles. The number of allylic oxidation sites excluding steroid dienone is 2. The Morgan fingerprint density at radius 1 is 0.444 bits per heavy atom. The Hall–Kier alpha value is -0.680. The average molecular weight is 505 g/mol. The van der Waals surface area contributed by atoms with Gasteiger partial charge in [-0.2, -0.15) is 10.1 Å². The Kier molecular flexibility index (Phi) is 10.9. The van der Waals surface area contributed by atoms with Gasteiger partial charge in [0, 0.05) is 22.2 Å². The minimum atomic E-state index is -0.0425. The Morgan fingerprint density at radius 2 is 0.722 bits per heavy atom. The van der Waals surface area contributed by atoms with Crippen LogP contribution in [0.2, 0.25) is 0 Å². The molecule has 0 radical (unpaired) electrons. The van der Waals surface area contributed by atoms with Crippen LogP contribution in [0.15, 0.2) is 24.3 Å². The first kappa shape index (κ1) is 31.5. The van der Waals surface area contributed by atoms with Crippen LogP contribution in [0.3, 0.4) is 0 Å². The van der Waals surface area contributed by atoms with Gasteiger partial charge in [-0.25, -0.2) is 0 Å². The molecule has 0 aromatic rings. The summed E-state index contributed by atoms with van der Waals surface area (Å²) in [6.07, 6.45) is 19.7. The second kappa shape index (κ2) is 12.5. The molecule has 0 saturated carbocycles. The van der Waals surface area contributed by atoms with Gasteiger partial charge in [-0.3, -0.25) is 9.68 Å². The number of nitrogens with zero attached hydrogens (tertiary/aromatic N) is 2. The van der Waals surface area contributed by atoms with Crippen LogP contribution in [0.5, 0.6) is 0 Å². The van der Waals surface area contributed by atoms with E-state index < -0.39 is 0 Å². The first-order chi connectivity index (χ1) is 16.4. The molecule has 0 aromatic carbocycles. The van der Waals surface area contributed by atoms with Crippen LogP contribution in [-0.2, 0) is 9.68 Å².